The average Bonchev–Trinajstić information content (AvgIpc) is 2.35. The van der Waals surface area contributed by atoms with Gasteiger partial charge in [-0.2, -0.15) is 0 Å². The van der Waals surface area contributed by atoms with Crippen molar-refractivity contribution < 1.29 is 10.0 Å². The molecule has 4 bridgehead atoms. The Hall–Kier alpha value is -1.42. The Kier molecular flexibility index (Phi) is 2.57. The van der Waals surface area contributed by atoms with Gasteiger partial charge in [0.1, 0.15) is 0 Å². The van der Waals surface area contributed by atoms with Crippen LogP contribution in [-0.2, 0) is 5.41 Å². The molecular weight excluding hydrogens is 266 g/mol. The average molecular weight is 287 g/mol. The number of aryl methyl sites for hydroxylation is 1. The fourth-order valence-corrected chi connectivity index (χ4v) is 5.69. The number of hydrogen-bond donors (Lipinski definition) is 1. The van der Waals surface area contributed by atoms with Gasteiger partial charge in [0, 0.05) is 11.6 Å². The van der Waals surface area contributed by atoms with Crippen LogP contribution in [0.15, 0.2) is 18.2 Å². The van der Waals surface area contributed by atoms with Gasteiger partial charge in [0.15, 0.2) is 0 Å². The Balaban J connectivity index is 1.79. The minimum absolute atomic E-state index is 0.0305. The summed E-state index contributed by atoms with van der Waals surface area (Å²) in [6.07, 6.45) is 6.06. The summed E-state index contributed by atoms with van der Waals surface area (Å²) < 4.78 is 0. The molecule has 0 spiro atoms. The predicted octanol–water partition coefficient (Wildman–Crippen LogP) is 3.49. The van der Waals surface area contributed by atoms with Gasteiger partial charge in [-0.15, -0.1) is 0 Å². The minimum atomic E-state index is -0.524. The lowest BCUT2D eigenvalue weighted by molar-refractivity contribution is -0.385. The van der Waals surface area contributed by atoms with Gasteiger partial charge in [-0.25, -0.2) is 0 Å². The maximum atomic E-state index is 11.2. The van der Waals surface area contributed by atoms with Crippen LogP contribution in [0.2, 0.25) is 0 Å². The Morgan fingerprint density at radius 2 is 1.90 bits per heavy atom. The first-order chi connectivity index (χ1) is 9.89. The van der Waals surface area contributed by atoms with Crippen molar-refractivity contribution in [1.29, 1.82) is 0 Å². The number of rotatable bonds is 2. The minimum Gasteiger partial charge on any atom is -0.390 e. The van der Waals surface area contributed by atoms with Crippen LogP contribution in [0.1, 0.15) is 49.7 Å². The third-order valence-corrected chi connectivity index (χ3v) is 6.05. The molecule has 5 rings (SSSR count). The number of hydrogen-bond acceptors (Lipinski definition) is 3. The summed E-state index contributed by atoms with van der Waals surface area (Å²) in [7, 11) is 0. The molecule has 4 heteroatoms. The van der Waals surface area contributed by atoms with Crippen LogP contribution in [0.3, 0.4) is 0 Å². The number of nitro groups is 1. The summed E-state index contributed by atoms with van der Waals surface area (Å²) >= 11 is 0. The van der Waals surface area contributed by atoms with Crippen molar-refractivity contribution in [3.63, 3.8) is 0 Å². The lowest BCUT2D eigenvalue weighted by Crippen LogP contribution is -2.57. The van der Waals surface area contributed by atoms with Crippen molar-refractivity contribution in [2.45, 2.75) is 56.5 Å². The molecule has 0 radical (unpaired) electrons. The van der Waals surface area contributed by atoms with Crippen molar-refractivity contribution in [3.8, 4) is 0 Å². The van der Waals surface area contributed by atoms with Gasteiger partial charge >= 0.3 is 0 Å². The summed E-state index contributed by atoms with van der Waals surface area (Å²) in [6.45, 7) is 1.79. The molecule has 1 aromatic carbocycles. The third-order valence-electron chi connectivity index (χ3n) is 6.05. The third kappa shape index (κ3) is 1.92. The van der Waals surface area contributed by atoms with Gasteiger partial charge in [-0.05, 0) is 68.3 Å². The van der Waals surface area contributed by atoms with Crippen LogP contribution in [0.25, 0.3) is 0 Å². The van der Waals surface area contributed by atoms with Crippen molar-refractivity contribution in [2.75, 3.05) is 0 Å². The molecule has 0 aliphatic heterocycles. The van der Waals surface area contributed by atoms with Crippen molar-refractivity contribution in [2.24, 2.45) is 11.8 Å². The summed E-state index contributed by atoms with van der Waals surface area (Å²) in [5.74, 6) is 1.19. The van der Waals surface area contributed by atoms with E-state index in [4.69, 9.17) is 0 Å². The highest BCUT2D eigenvalue weighted by Crippen LogP contribution is 2.62. The second kappa shape index (κ2) is 4.07. The highest BCUT2D eigenvalue weighted by Gasteiger charge is 2.57. The number of benzene rings is 1. The lowest BCUT2D eigenvalue weighted by atomic mass is 9.46. The van der Waals surface area contributed by atoms with E-state index in [-0.39, 0.29) is 16.0 Å². The molecule has 2 atom stereocenters. The zero-order chi connectivity index (χ0) is 14.8. The van der Waals surface area contributed by atoms with Crippen LogP contribution < -0.4 is 0 Å². The fourth-order valence-electron chi connectivity index (χ4n) is 5.69. The van der Waals surface area contributed by atoms with Crippen LogP contribution in [-0.4, -0.2) is 15.6 Å². The van der Waals surface area contributed by atoms with Gasteiger partial charge in [-0.3, -0.25) is 10.1 Å². The molecule has 4 saturated carbocycles. The Bertz CT molecular complexity index is 610. The van der Waals surface area contributed by atoms with Crippen LogP contribution >= 0.6 is 0 Å². The second-order valence-electron chi connectivity index (χ2n) is 7.72. The molecule has 4 fully saturated rings. The normalized spacial score (nSPS) is 40.5. The van der Waals surface area contributed by atoms with Gasteiger partial charge in [0.25, 0.3) is 5.69 Å². The molecular formula is C17H21NO3. The van der Waals surface area contributed by atoms with Gasteiger partial charge in [0.05, 0.1) is 10.5 Å². The topological polar surface area (TPSA) is 63.4 Å². The largest absolute Gasteiger partial charge is 0.390 e. The maximum absolute atomic E-state index is 11.2. The van der Waals surface area contributed by atoms with E-state index in [0.717, 1.165) is 37.7 Å². The molecule has 112 valence electrons. The molecule has 21 heavy (non-hydrogen) atoms. The number of nitrogens with zero attached hydrogens (tertiary/aromatic N) is 1. The van der Waals surface area contributed by atoms with E-state index in [9.17, 15) is 15.2 Å². The van der Waals surface area contributed by atoms with Crippen molar-refractivity contribution in [1.82, 2.24) is 0 Å². The molecule has 4 aliphatic carbocycles. The highest BCUT2D eigenvalue weighted by molar-refractivity contribution is 5.46. The molecule has 0 unspecified atom stereocenters. The quantitative estimate of drug-likeness (QED) is 0.669. The molecule has 0 amide bonds. The first-order valence-electron chi connectivity index (χ1n) is 7.87. The summed E-state index contributed by atoms with van der Waals surface area (Å²) in [6, 6.07) is 5.70. The zero-order valence-electron chi connectivity index (χ0n) is 12.3. The molecule has 1 aromatic rings. The SMILES string of the molecule is Cc1ccc(C23C[C@H]4C[C@@H](CC(O)(C4)C2)C3)cc1[N+](=O)[O-]. The van der Waals surface area contributed by atoms with E-state index in [1.54, 1.807) is 13.0 Å². The van der Waals surface area contributed by atoms with Crippen LogP contribution in [0, 0.1) is 28.9 Å². The van der Waals surface area contributed by atoms with E-state index < -0.39 is 5.60 Å². The zero-order valence-corrected chi connectivity index (χ0v) is 12.3. The molecule has 0 heterocycles. The van der Waals surface area contributed by atoms with Crippen LogP contribution in [0.4, 0.5) is 5.69 Å². The summed E-state index contributed by atoms with van der Waals surface area (Å²) in [4.78, 5) is 10.9. The predicted molar refractivity (Wildman–Crippen MR) is 79.1 cm³/mol. The second-order valence-corrected chi connectivity index (χ2v) is 7.72. The molecule has 1 N–H and O–H groups in total. The standard InChI is InChI=1S/C17H21NO3/c1-11-2-3-14(5-15(11)18(20)21)16-6-12-4-13(7-16)9-17(19,8-12)10-16/h2-3,5,12-13,19H,4,6-10H2,1H3/t12-,13-,16?,17?/m1/s1. The molecule has 4 nitrogen and oxygen atoms in total. The first-order valence-corrected chi connectivity index (χ1v) is 7.87. The Morgan fingerprint density at radius 3 is 2.48 bits per heavy atom. The molecule has 0 saturated heterocycles. The smallest absolute Gasteiger partial charge is 0.272 e. The van der Waals surface area contributed by atoms with Crippen molar-refractivity contribution in [3.05, 3.63) is 39.4 Å². The van der Waals surface area contributed by atoms with E-state index in [0.29, 0.717) is 17.4 Å². The summed E-state index contributed by atoms with van der Waals surface area (Å²) in [5, 5.41) is 22.0. The van der Waals surface area contributed by atoms with Gasteiger partial charge < -0.3 is 5.11 Å². The van der Waals surface area contributed by atoms with Gasteiger partial charge in [0.2, 0.25) is 0 Å². The monoisotopic (exact) mass is 287 g/mol. The van der Waals surface area contributed by atoms with E-state index >= 15 is 0 Å². The van der Waals surface area contributed by atoms with Gasteiger partial charge in [-0.1, -0.05) is 12.1 Å². The van der Waals surface area contributed by atoms with E-state index in [2.05, 4.69) is 6.07 Å². The maximum Gasteiger partial charge on any atom is 0.272 e. The van der Waals surface area contributed by atoms with E-state index in [1.807, 2.05) is 6.07 Å². The Labute approximate surface area is 124 Å². The number of aliphatic hydroxyl groups is 1. The summed E-state index contributed by atoms with van der Waals surface area (Å²) in [5.41, 5.74) is 1.45. The van der Waals surface area contributed by atoms with Crippen molar-refractivity contribution >= 4 is 5.69 Å². The fraction of sp³-hybridized carbons (Fsp3) is 0.647. The number of nitro benzene ring substituents is 1. The Morgan fingerprint density at radius 1 is 1.24 bits per heavy atom. The lowest BCUT2D eigenvalue weighted by Gasteiger charge is -2.60. The first kappa shape index (κ1) is 13.3. The molecule has 0 aromatic heterocycles. The highest BCUT2D eigenvalue weighted by atomic mass is 16.6. The van der Waals surface area contributed by atoms with Crippen LogP contribution in [0.5, 0.6) is 0 Å². The molecule has 4 aliphatic rings. The van der Waals surface area contributed by atoms with E-state index in [1.165, 1.54) is 6.42 Å².